The first kappa shape index (κ1) is 17.7. The number of carbonyl (C=O) groups excluding carboxylic acids is 1. The summed E-state index contributed by atoms with van der Waals surface area (Å²) in [4.78, 5) is 20.1. The van der Waals surface area contributed by atoms with Crippen molar-refractivity contribution in [1.82, 2.24) is 9.97 Å². The number of thioether (sulfide) groups is 1. The lowest BCUT2D eigenvalue weighted by molar-refractivity contribution is -0.115. The predicted molar refractivity (Wildman–Crippen MR) is 94.4 cm³/mol. The molecule has 128 valence electrons. The standard InChI is InChI=1S/C15H19N5O3S/c1-22-10-5-9(6-11(7-10)23-2)18-14(21)3-4-24-15-19-12(16)8-13(17)20-15/h5-8H,3-4H2,1-2H3,(H,18,21)(H4,16,17,19,20). The van der Waals surface area contributed by atoms with Crippen LogP contribution in [-0.4, -0.2) is 35.8 Å². The minimum Gasteiger partial charge on any atom is -0.497 e. The summed E-state index contributed by atoms with van der Waals surface area (Å²) < 4.78 is 10.3. The summed E-state index contributed by atoms with van der Waals surface area (Å²) in [7, 11) is 3.10. The van der Waals surface area contributed by atoms with Gasteiger partial charge in [-0.1, -0.05) is 11.8 Å². The van der Waals surface area contributed by atoms with E-state index in [1.807, 2.05) is 0 Å². The molecule has 0 bridgehead atoms. The van der Waals surface area contributed by atoms with E-state index in [2.05, 4.69) is 15.3 Å². The summed E-state index contributed by atoms with van der Waals surface area (Å²) >= 11 is 1.31. The molecule has 1 amide bonds. The number of methoxy groups -OCH3 is 2. The molecule has 1 heterocycles. The third-order valence-corrected chi connectivity index (χ3v) is 3.79. The smallest absolute Gasteiger partial charge is 0.225 e. The highest BCUT2D eigenvalue weighted by molar-refractivity contribution is 7.99. The zero-order valence-corrected chi connectivity index (χ0v) is 14.2. The second-order valence-corrected chi connectivity index (χ2v) is 5.81. The van der Waals surface area contributed by atoms with E-state index in [4.69, 9.17) is 20.9 Å². The van der Waals surface area contributed by atoms with Crippen LogP contribution in [0.3, 0.4) is 0 Å². The number of hydrogen-bond acceptors (Lipinski definition) is 8. The summed E-state index contributed by atoms with van der Waals surface area (Å²) in [6.07, 6.45) is 0.280. The lowest BCUT2D eigenvalue weighted by atomic mass is 10.2. The number of nitrogens with zero attached hydrogens (tertiary/aromatic N) is 2. The Kier molecular flexibility index (Phi) is 6.07. The van der Waals surface area contributed by atoms with Crippen molar-refractivity contribution in [2.75, 3.05) is 36.8 Å². The van der Waals surface area contributed by atoms with Gasteiger partial charge in [-0.25, -0.2) is 9.97 Å². The van der Waals surface area contributed by atoms with Gasteiger partial charge in [0.1, 0.15) is 23.1 Å². The van der Waals surface area contributed by atoms with Gasteiger partial charge in [-0.15, -0.1) is 0 Å². The van der Waals surface area contributed by atoms with Crippen LogP contribution >= 0.6 is 11.8 Å². The number of nitrogens with one attached hydrogen (secondary N) is 1. The van der Waals surface area contributed by atoms with Crippen molar-refractivity contribution in [3.8, 4) is 11.5 Å². The van der Waals surface area contributed by atoms with Crippen LogP contribution in [0.25, 0.3) is 0 Å². The van der Waals surface area contributed by atoms with Crippen LogP contribution in [0.15, 0.2) is 29.4 Å². The number of anilines is 3. The van der Waals surface area contributed by atoms with Gasteiger partial charge in [0.2, 0.25) is 5.91 Å². The Morgan fingerprint density at radius 2 is 1.67 bits per heavy atom. The first-order chi connectivity index (χ1) is 11.5. The number of ether oxygens (including phenoxy) is 2. The van der Waals surface area contributed by atoms with Crippen LogP contribution in [0.2, 0.25) is 0 Å². The number of benzene rings is 1. The SMILES string of the molecule is COc1cc(NC(=O)CCSc2nc(N)cc(N)n2)cc(OC)c1. The predicted octanol–water partition coefficient (Wildman–Crippen LogP) is 1.78. The number of rotatable bonds is 7. The lowest BCUT2D eigenvalue weighted by Crippen LogP contribution is -2.12. The molecule has 0 radical (unpaired) electrons. The number of nitrogens with two attached hydrogens (primary N) is 2. The van der Waals surface area contributed by atoms with Gasteiger partial charge < -0.3 is 26.3 Å². The highest BCUT2D eigenvalue weighted by atomic mass is 32.2. The van der Waals surface area contributed by atoms with Crippen molar-refractivity contribution in [1.29, 1.82) is 0 Å². The fraction of sp³-hybridized carbons (Fsp3) is 0.267. The third kappa shape index (κ3) is 5.20. The maximum absolute atomic E-state index is 12.0. The molecule has 2 aromatic rings. The van der Waals surface area contributed by atoms with Crippen molar-refractivity contribution in [2.45, 2.75) is 11.6 Å². The fourth-order valence-electron chi connectivity index (χ4n) is 1.86. The van der Waals surface area contributed by atoms with Crippen molar-refractivity contribution in [2.24, 2.45) is 0 Å². The van der Waals surface area contributed by atoms with Crippen molar-refractivity contribution >= 4 is 35.0 Å². The molecule has 24 heavy (non-hydrogen) atoms. The zero-order chi connectivity index (χ0) is 17.5. The normalized spacial score (nSPS) is 10.2. The summed E-state index contributed by atoms with van der Waals surface area (Å²) in [6.45, 7) is 0. The molecule has 0 unspecified atom stereocenters. The Bertz CT molecular complexity index is 684. The monoisotopic (exact) mass is 349 g/mol. The van der Waals surface area contributed by atoms with Crippen LogP contribution < -0.4 is 26.3 Å². The van der Waals surface area contributed by atoms with Gasteiger partial charge in [-0.2, -0.15) is 0 Å². The van der Waals surface area contributed by atoms with E-state index in [9.17, 15) is 4.79 Å². The second-order valence-electron chi connectivity index (χ2n) is 4.75. The van der Waals surface area contributed by atoms with Gasteiger partial charge in [-0.05, 0) is 0 Å². The Morgan fingerprint density at radius 1 is 1.08 bits per heavy atom. The molecule has 0 aliphatic rings. The fourth-order valence-corrected chi connectivity index (χ4v) is 2.67. The Morgan fingerprint density at radius 3 is 2.21 bits per heavy atom. The molecule has 8 nitrogen and oxygen atoms in total. The molecule has 0 fully saturated rings. The largest absolute Gasteiger partial charge is 0.497 e. The Labute approximate surface area is 143 Å². The summed E-state index contributed by atoms with van der Waals surface area (Å²) in [5.74, 6) is 2.16. The summed E-state index contributed by atoms with van der Waals surface area (Å²) in [5.41, 5.74) is 11.8. The molecule has 1 aromatic carbocycles. The maximum atomic E-state index is 12.0. The first-order valence-electron chi connectivity index (χ1n) is 7.06. The number of hydrogen-bond donors (Lipinski definition) is 3. The topological polar surface area (TPSA) is 125 Å². The third-order valence-electron chi connectivity index (χ3n) is 2.94. The van der Waals surface area contributed by atoms with E-state index < -0.39 is 0 Å². The molecule has 2 rings (SSSR count). The molecule has 0 aliphatic carbocycles. The molecule has 0 saturated heterocycles. The number of nitrogen functional groups attached to an aromatic ring is 2. The molecule has 1 aromatic heterocycles. The highest BCUT2D eigenvalue weighted by Gasteiger charge is 2.08. The van der Waals surface area contributed by atoms with E-state index >= 15 is 0 Å². The average Bonchev–Trinajstić information content (AvgIpc) is 2.53. The van der Waals surface area contributed by atoms with E-state index in [-0.39, 0.29) is 12.3 Å². The van der Waals surface area contributed by atoms with Crippen molar-refractivity contribution in [3.05, 3.63) is 24.3 Å². The lowest BCUT2D eigenvalue weighted by Gasteiger charge is -2.09. The maximum Gasteiger partial charge on any atom is 0.225 e. The van der Waals surface area contributed by atoms with Crippen LogP contribution in [0.4, 0.5) is 17.3 Å². The van der Waals surface area contributed by atoms with Gasteiger partial charge in [-0.3, -0.25) is 4.79 Å². The quantitative estimate of drug-likeness (QED) is 0.510. The van der Waals surface area contributed by atoms with E-state index in [1.165, 1.54) is 17.8 Å². The molecule has 0 spiro atoms. The molecular weight excluding hydrogens is 330 g/mol. The average molecular weight is 349 g/mol. The van der Waals surface area contributed by atoms with Crippen LogP contribution in [0.5, 0.6) is 11.5 Å². The minimum atomic E-state index is -0.144. The minimum absolute atomic E-state index is 0.144. The van der Waals surface area contributed by atoms with E-state index in [0.29, 0.717) is 39.7 Å². The number of carbonyl (C=O) groups is 1. The Hall–Kier alpha value is -2.68. The van der Waals surface area contributed by atoms with Gasteiger partial charge in [0, 0.05) is 42.1 Å². The van der Waals surface area contributed by atoms with Gasteiger partial charge in [0.25, 0.3) is 0 Å². The van der Waals surface area contributed by atoms with Gasteiger partial charge >= 0.3 is 0 Å². The Balaban J connectivity index is 1.89. The number of amides is 1. The van der Waals surface area contributed by atoms with Gasteiger partial charge in [0.15, 0.2) is 5.16 Å². The molecular formula is C15H19N5O3S. The van der Waals surface area contributed by atoms with E-state index in [1.54, 1.807) is 32.4 Å². The summed E-state index contributed by atoms with van der Waals surface area (Å²) in [5, 5.41) is 3.25. The molecule has 9 heteroatoms. The second kappa shape index (κ2) is 8.25. The van der Waals surface area contributed by atoms with Gasteiger partial charge in [0.05, 0.1) is 14.2 Å². The highest BCUT2D eigenvalue weighted by Crippen LogP contribution is 2.26. The van der Waals surface area contributed by atoms with Crippen LogP contribution in [0.1, 0.15) is 6.42 Å². The molecule has 5 N–H and O–H groups in total. The first-order valence-corrected chi connectivity index (χ1v) is 8.04. The zero-order valence-electron chi connectivity index (χ0n) is 13.4. The van der Waals surface area contributed by atoms with Crippen molar-refractivity contribution < 1.29 is 14.3 Å². The molecule has 0 atom stereocenters. The molecule has 0 saturated carbocycles. The van der Waals surface area contributed by atoms with Crippen LogP contribution in [0, 0.1) is 0 Å². The van der Waals surface area contributed by atoms with Crippen LogP contribution in [-0.2, 0) is 4.79 Å². The number of aromatic nitrogens is 2. The van der Waals surface area contributed by atoms with E-state index in [0.717, 1.165) is 0 Å². The summed E-state index contributed by atoms with van der Waals surface area (Å²) in [6, 6.07) is 6.64. The van der Waals surface area contributed by atoms with Crippen molar-refractivity contribution in [3.63, 3.8) is 0 Å². The molecule has 0 aliphatic heterocycles.